The van der Waals surface area contributed by atoms with Crippen molar-refractivity contribution < 1.29 is 0 Å². The molecular formula is C13H11BrN2. The van der Waals surface area contributed by atoms with Crippen molar-refractivity contribution in [2.24, 2.45) is 0 Å². The molecule has 0 unspecified atom stereocenters. The predicted molar refractivity (Wildman–Crippen MR) is 67.2 cm³/mol. The summed E-state index contributed by atoms with van der Waals surface area (Å²) in [5.74, 6) is 0. The molecule has 0 spiro atoms. The van der Waals surface area contributed by atoms with E-state index >= 15 is 0 Å². The van der Waals surface area contributed by atoms with E-state index in [0.29, 0.717) is 0 Å². The highest BCUT2D eigenvalue weighted by atomic mass is 79.9. The molecule has 1 heterocycles. The summed E-state index contributed by atoms with van der Waals surface area (Å²) in [5.41, 5.74) is 5.08. The van der Waals surface area contributed by atoms with E-state index in [1.165, 1.54) is 36.0 Å². The Kier molecular flexibility index (Phi) is 2.48. The molecule has 16 heavy (non-hydrogen) atoms. The first-order chi connectivity index (χ1) is 7.83. The molecule has 3 heteroatoms. The molecule has 0 fully saturated rings. The van der Waals surface area contributed by atoms with Crippen LogP contribution in [0, 0.1) is 0 Å². The molecule has 0 saturated heterocycles. The molecule has 1 aliphatic carbocycles. The van der Waals surface area contributed by atoms with Crippen LogP contribution in [-0.2, 0) is 12.8 Å². The molecule has 80 valence electrons. The van der Waals surface area contributed by atoms with E-state index in [4.69, 9.17) is 0 Å². The number of aromatic nitrogens is 2. The van der Waals surface area contributed by atoms with Crippen molar-refractivity contribution in [1.82, 2.24) is 10.2 Å². The van der Waals surface area contributed by atoms with Crippen molar-refractivity contribution in [3.05, 3.63) is 46.1 Å². The molecule has 2 nitrogen and oxygen atoms in total. The highest BCUT2D eigenvalue weighted by molar-refractivity contribution is 9.10. The third kappa shape index (κ3) is 1.76. The first-order valence-corrected chi connectivity index (χ1v) is 6.24. The average molecular weight is 275 g/mol. The fourth-order valence-electron chi connectivity index (χ4n) is 2.20. The molecule has 0 radical (unpaired) electrons. The van der Waals surface area contributed by atoms with Gasteiger partial charge in [0.15, 0.2) is 0 Å². The van der Waals surface area contributed by atoms with Crippen molar-refractivity contribution in [2.75, 3.05) is 0 Å². The monoisotopic (exact) mass is 274 g/mol. The van der Waals surface area contributed by atoms with Crippen LogP contribution in [0.2, 0.25) is 0 Å². The van der Waals surface area contributed by atoms with Crippen LogP contribution in [0.5, 0.6) is 0 Å². The van der Waals surface area contributed by atoms with E-state index in [1.807, 2.05) is 12.1 Å². The normalized spacial score (nSPS) is 13.8. The van der Waals surface area contributed by atoms with Crippen molar-refractivity contribution >= 4 is 15.9 Å². The van der Waals surface area contributed by atoms with Gasteiger partial charge < -0.3 is 0 Å². The minimum atomic E-state index is 0.775. The van der Waals surface area contributed by atoms with E-state index in [9.17, 15) is 0 Å². The highest BCUT2D eigenvalue weighted by Gasteiger charge is 2.11. The lowest BCUT2D eigenvalue weighted by Crippen LogP contribution is -1.89. The molecule has 0 N–H and O–H groups in total. The second-order valence-electron chi connectivity index (χ2n) is 4.08. The van der Waals surface area contributed by atoms with Gasteiger partial charge in [0.25, 0.3) is 0 Å². The number of rotatable bonds is 1. The molecule has 2 aromatic rings. The van der Waals surface area contributed by atoms with E-state index < -0.39 is 0 Å². The van der Waals surface area contributed by atoms with Crippen LogP contribution in [0.15, 0.2) is 34.9 Å². The number of fused-ring (bicyclic) bond motifs is 1. The molecule has 3 rings (SSSR count). The molecule has 0 atom stereocenters. The lowest BCUT2D eigenvalue weighted by molar-refractivity contribution is 0.912. The topological polar surface area (TPSA) is 25.8 Å². The minimum absolute atomic E-state index is 0.775. The minimum Gasteiger partial charge on any atom is -0.149 e. The van der Waals surface area contributed by atoms with Gasteiger partial charge in [-0.1, -0.05) is 12.1 Å². The molecular weight excluding hydrogens is 264 g/mol. The molecule has 0 bridgehead atoms. The van der Waals surface area contributed by atoms with Crippen LogP contribution in [0.4, 0.5) is 0 Å². The van der Waals surface area contributed by atoms with Crippen molar-refractivity contribution in [1.29, 1.82) is 0 Å². The van der Waals surface area contributed by atoms with E-state index in [2.05, 4.69) is 44.3 Å². The van der Waals surface area contributed by atoms with E-state index in [1.54, 1.807) is 0 Å². The highest BCUT2D eigenvalue weighted by Crippen LogP contribution is 2.27. The zero-order valence-electron chi connectivity index (χ0n) is 8.78. The molecule has 0 saturated carbocycles. The summed E-state index contributed by atoms with van der Waals surface area (Å²) in [6.07, 6.45) is 3.71. The van der Waals surface area contributed by atoms with Gasteiger partial charge in [-0.25, -0.2) is 0 Å². The Balaban J connectivity index is 2.03. The van der Waals surface area contributed by atoms with Gasteiger partial charge in [-0.05, 0) is 64.5 Å². The second-order valence-corrected chi connectivity index (χ2v) is 4.89. The third-order valence-corrected chi connectivity index (χ3v) is 3.45. The maximum absolute atomic E-state index is 4.18. The Morgan fingerprint density at radius 3 is 2.62 bits per heavy atom. The average Bonchev–Trinajstić information content (AvgIpc) is 2.77. The molecule has 1 aliphatic rings. The lowest BCUT2D eigenvalue weighted by Gasteiger charge is -2.03. The van der Waals surface area contributed by atoms with Gasteiger partial charge in [-0.15, -0.1) is 10.2 Å². The Labute approximate surface area is 103 Å². The maximum atomic E-state index is 4.18. The summed E-state index contributed by atoms with van der Waals surface area (Å²) < 4.78 is 0.775. The summed E-state index contributed by atoms with van der Waals surface area (Å²) in [5, 5.41) is 8.19. The summed E-state index contributed by atoms with van der Waals surface area (Å²) in [7, 11) is 0. The van der Waals surface area contributed by atoms with Gasteiger partial charge in [0.1, 0.15) is 4.60 Å². The predicted octanol–water partition coefficient (Wildman–Crippen LogP) is 3.39. The van der Waals surface area contributed by atoms with Crippen LogP contribution >= 0.6 is 15.9 Å². The Bertz CT molecular complexity index is 520. The van der Waals surface area contributed by atoms with Gasteiger partial charge >= 0.3 is 0 Å². The molecule has 0 aliphatic heterocycles. The number of nitrogens with zero attached hydrogens (tertiary/aromatic N) is 2. The second kappa shape index (κ2) is 3.98. The van der Waals surface area contributed by atoms with Gasteiger partial charge in [-0.3, -0.25) is 0 Å². The molecule has 1 aromatic heterocycles. The maximum Gasteiger partial charge on any atom is 0.128 e. The van der Waals surface area contributed by atoms with Crippen LogP contribution < -0.4 is 0 Å². The Hall–Kier alpha value is -1.22. The number of hydrogen-bond acceptors (Lipinski definition) is 2. The zero-order valence-corrected chi connectivity index (χ0v) is 10.4. The Morgan fingerprint density at radius 1 is 0.938 bits per heavy atom. The largest absolute Gasteiger partial charge is 0.149 e. The number of halogens is 1. The summed E-state index contributed by atoms with van der Waals surface area (Å²) in [6.45, 7) is 0. The quantitative estimate of drug-likeness (QED) is 0.797. The fraction of sp³-hybridized carbons (Fsp3) is 0.231. The molecule has 0 amide bonds. The zero-order chi connectivity index (χ0) is 11.0. The summed E-state index contributed by atoms with van der Waals surface area (Å²) in [6, 6.07) is 10.5. The van der Waals surface area contributed by atoms with Crippen molar-refractivity contribution in [3.8, 4) is 11.3 Å². The lowest BCUT2D eigenvalue weighted by atomic mass is 10.0. The fourth-order valence-corrected chi connectivity index (χ4v) is 2.41. The van der Waals surface area contributed by atoms with E-state index in [0.717, 1.165) is 10.3 Å². The van der Waals surface area contributed by atoms with Crippen LogP contribution in [0.3, 0.4) is 0 Å². The van der Waals surface area contributed by atoms with Crippen molar-refractivity contribution in [2.45, 2.75) is 19.3 Å². The first kappa shape index (κ1) is 9.97. The van der Waals surface area contributed by atoms with E-state index in [-0.39, 0.29) is 0 Å². The third-order valence-electron chi connectivity index (χ3n) is 3.03. The van der Waals surface area contributed by atoms with Crippen LogP contribution in [0.25, 0.3) is 11.3 Å². The number of hydrogen-bond donors (Lipinski definition) is 0. The molecule has 1 aromatic carbocycles. The van der Waals surface area contributed by atoms with Crippen molar-refractivity contribution in [3.63, 3.8) is 0 Å². The van der Waals surface area contributed by atoms with Gasteiger partial charge in [0.05, 0.1) is 5.69 Å². The first-order valence-electron chi connectivity index (χ1n) is 5.44. The number of benzene rings is 1. The van der Waals surface area contributed by atoms with Crippen LogP contribution in [0.1, 0.15) is 17.5 Å². The SMILES string of the molecule is Brc1ccc(-c2ccc3c(c2)CCC3)nn1. The number of aryl methyl sites for hydroxylation is 2. The van der Waals surface area contributed by atoms with Gasteiger partial charge in [0.2, 0.25) is 0 Å². The van der Waals surface area contributed by atoms with Gasteiger partial charge in [0, 0.05) is 5.56 Å². The van der Waals surface area contributed by atoms with Gasteiger partial charge in [-0.2, -0.15) is 0 Å². The Morgan fingerprint density at radius 2 is 1.81 bits per heavy atom. The summed E-state index contributed by atoms with van der Waals surface area (Å²) >= 11 is 3.29. The standard InChI is InChI=1S/C13H11BrN2/c14-13-7-6-12(15-16-13)11-5-4-9-2-1-3-10(9)8-11/h4-8H,1-3H2. The summed E-state index contributed by atoms with van der Waals surface area (Å²) in [4.78, 5) is 0. The smallest absolute Gasteiger partial charge is 0.128 e. The van der Waals surface area contributed by atoms with Crippen LogP contribution in [-0.4, -0.2) is 10.2 Å².